The van der Waals surface area contributed by atoms with Crippen molar-refractivity contribution in [2.24, 2.45) is 0 Å². The normalized spacial score (nSPS) is 11.5. The van der Waals surface area contributed by atoms with E-state index in [2.05, 4.69) is 0 Å². The summed E-state index contributed by atoms with van der Waals surface area (Å²) in [6, 6.07) is 6.77. The van der Waals surface area contributed by atoms with Crippen LogP contribution in [0.3, 0.4) is 0 Å². The third-order valence-corrected chi connectivity index (χ3v) is 3.80. The summed E-state index contributed by atoms with van der Waals surface area (Å²) in [4.78, 5) is 0. The molecule has 3 rings (SSSR count). The molecule has 3 aromatic rings. The average molecular weight is 306 g/mol. The fourth-order valence-electron chi connectivity index (χ4n) is 1.83. The maximum Gasteiger partial charge on any atom is 0.155 e. The molecular formula is C12H4Cl4O. The van der Waals surface area contributed by atoms with E-state index in [0.29, 0.717) is 42.0 Å². The van der Waals surface area contributed by atoms with Crippen LogP contribution in [0.4, 0.5) is 0 Å². The van der Waals surface area contributed by atoms with Crippen LogP contribution in [-0.4, -0.2) is 0 Å². The quantitative estimate of drug-likeness (QED) is 0.482. The predicted molar refractivity (Wildman–Crippen MR) is 73.8 cm³/mol. The highest BCUT2D eigenvalue weighted by Crippen LogP contribution is 2.43. The van der Waals surface area contributed by atoms with Gasteiger partial charge in [0.1, 0.15) is 0 Å². The van der Waals surface area contributed by atoms with Crippen molar-refractivity contribution in [2.45, 2.75) is 0 Å². The minimum atomic E-state index is 0.479. The molecule has 0 aliphatic rings. The first kappa shape index (κ1) is 11.5. The van der Waals surface area contributed by atoms with E-state index < -0.39 is 0 Å². The topological polar surface area (TPSA) is 13.1 Å². The van der Waals surface area contributed by atoms with E-state index in [1.165, 1.54) is 0 Å². The van der Waals surface area contributed by atoms with Crippen LogP contribution in [-0.2, 0) is 0 Å². The van der Waals surface area contributed by atoms with E-state index in [9.17, 15) is 0 Å². The summed E-state index contributed by atoms with van der Waals surface area (Å²) in [7, 11) is 0. The third kappa shape index (κ3) is 1.61. The largest absolute Gasteiger partial charge is 0.453 e. The molecule has 0 saturated heterocycles. The Balaban J connectivity index is 2.69. The summed E-state index contributed by atoms with van der Waals surface area (Å²) in [6.45, 7) is 0. The van der Waals surface area contributed by atoms with Gasteiger partial charge in [0.25, 0.3) is 0 Å². The lowest BCUT2D eigenvalue weighted by atomic mass is 10.1. The lowest BCUT2D eigenvalue weighted by Gasteiger charge is -1.97. The Morgan fingerprint density at radius 2 is 0.941 bits per heavy atom. The Hall–Kier alpha value is -0.600. The molecule has 0 amide bonds. The summed E-state index contributed by atoms with van der Waals surface area (Å²) in [5.41, 5.74) is 1.01. The van der Waals surface area contributed by atoms with Crippen molar-refractivity contribution >= 4 is 68.3 Å². The van der Waals surface area contributed by atoms with Gasteiger partial charge in [-0.1, -0.05) is 46.4 Å². The van der Waals surface area contributed by atoms with Crippen molar-refractivity contribution in [3.63, 3.8) is 0 Å². The van der Waals surface area contributed by atoms with E-state index >= 15 is 0 Å². The summed E-state index contributed by atoms with van der Waals surface area (Å²) in [5, 5.41) is 3.42. The highest BCUT2D eigenvalue weighted by molar-refractivity contribution is 6.46. The SMILES string of the molecule is Clc1ccc(Cl)c2c1oc1c(Cl)ccc(Cl)c12. The molecule has 1 nitrogen and oxygen atoms in total. The Labute approximate surface area is 117 Å². The minimum absolute atomic E-state index is 0.479. The second-order valence-corrected chi connectivity index (χ2v) is 5.20. The molecule has 0 atom stereocenters. The van der Waals surface area contributed by atoms with Crippen LogP contribution in [0.25, 0.3) is 21.9 Å². The van der Waals surface area contributed by atoms with Gasteiger partial charge in [-0.15, -0.1) is 0 Å². The fourth-order valence-corrected chi connectivity index (χ4v) is 2.71. The van der Waals surface area contributed by atoms with Crippen LogP contribution >= 0.6 is 46.4 Å². The molecule has 0 unspecified atom stereocenters. The first-order chi connectivity index (χ1) is 8.09. The van der Waals surface area contributed by atoms with Gasteiger partial charge in [-0.05, 0) is 24.3 Å². The van der Waals surface area contributed by atoms with Gasteiger partial charge in [-0.2, -0.15) is 0 Å². The average Bonchev–Trinajstić information content (AvgIpc) is 2.71. The summed E-state index contributed by atoms with van der Waals surface area (Å²) in [6.07, 6.45) is 0. The molecule has 0 bridgehead atoms. The van der Waals surface area contributed by atoms with Gasteiger partial charge >= 0.3 is 0 Å². The summed E-state index contributed by atoms with van der Waals surface area (Å²) < 4.78 is 5.64. The number of hydrogen-bond acceptors (Lipinski definition) is 1. The van der Waals surface area contributed by atoms with Crippen LogP contribution in [0, 0.1) is 0 Å². The Morgan fingerprint density at radius 1 is 0.588 bits per heavy atom. The standard InChI is InChI=1S/C12H4Cl4O/c13-5-1-3-7(15)11-9(5)10-6(14)2-4-8(16)12(10)17-11/h1-4H. The maximum atomic E-state index is 6.15. The fraction of sp³-hybridized carbons (Fsp3) is 0. The molecule has 0 fully saturated rings. The number of benzene rings is 2. The molecule has 0 spiro atoms. The van der Waals surface area contributed by atoms with Gasteiger partial charge in [0.2, 0.25) is 0 Å². The highest BCUT2D eigenvalue weighted by Gasteiger charge is 2.17. The molecule has 0 radical (unpaired) electrons. The van der Waals surface area contributed by atoms with Gasteiger partial charge in [-0.25, -0.2) is 0 Å². The number of hydrogen-bond donors (Lipinski definition) is 0. The zero-order valence-electron chi connectivity index (χ0n) is 8.23. The Morgan fingerprint density at radius 3 is 1.35 bits per heavy atom. The van der Waals surface area contributed by atoms with Crippen LogP contribution in [0.5, 0.6) is 0 Å². The smallest absolute Gasteiger partial charge is 0.155 e. The Bertz CT molecular complexity index is 683. The molecule has 0 saturated carbocycles. The third-order valence-electron chi connectivity index (χ3n) is 2.57. The molecule has 0 aliphatic carbocycles. The lowest BCUT2D eigenvalue weighted by molar-refractivity contribution is 0.669. The lowest BCUT2D eigenvalue weighted by Crippen LogP contribution is -1.73. The van der Waals surface area contributed by atoms with E-state index in [4.69, 9.17) is 50.8 Å². The molecule has 2 aromatic carbocycles. The van der Waals surface area contributed by atoms with Crippen LogP contribution < -0.4 is 0 Å². The molecule has 1 heterocycles. The minimum Gasteiger partial charge on any atom is -0.453 e. The van der Waals surface area contributed by atoms with Crippen LogP contribution in [0.15, 0.2) is 28.7 Å². The second kappa shape index (κ2) is 3.96. The van der Waals surface area contributed by atoms with E-state index in [1.54, 1.807) is 24.3 Å². The van der Waals surface area contributed by atoms with Crippen molar-refractivity contribution in [1.29, 1.82) is 0 Å². The number of halogens is 4. The molecule has 86 valence electrons. The second-order valence-electron chi connectivity index (χ2n) is 3.57. The van der Waals surface area contributed by atoms with Crippen LogP contribution in [0.2, 0.25) is 20.1 Å². The van der Waals surface area contributed by atoms with Crippen molar-refractivity contribution in [3.8, 4) is 0 Å². The van der Waals surface area contributed by atoms with E-state index in [1.807, 2.05) is 0 Å². The monoisotopic (exact) mass is 304 g/mol. The summed E-state index contributed by atoms with van der Waals surface area (Å²) in [5.74, 6) is 0. The van der Waals surface area contributed by atoms with Gasteiger partial charge in [-0.3, -0.25) is 0 Å². The highest BCUT2D eigenvalue weighted by atomic mass is 35.5. The van der Waals surface area contributed by atoms with Gasteiger partial charge in [0.05, 0.1) is 20.1 Å². The van der Waals surface area contributed by atoms with Crippen molar-refractivity contribution in [1.82, 2.24) is 0 Å². The molecule has 1 aromatic heterocycles. The maximum absolute atomic E-state index is 6.15. The van der Waals surface area contributed by atoms with Gasteiger partial charge < -0.3 is 4.42 Å². The van der Waals surface area contributed by atoms with Crippen molar-refractivity contribution in [3.05, 3.63) is 44.4 Å². The molecule has 17 heavy (non-hydrogen) atoms. The number of fused-ring (bicyclic) bond motifs is 3. The van der Waals surface area contributed by atoms with E-state index in [0.717, 1.165) is 0 Å². The molecule has 0 aliphatic heterocycles. The van der Waals surface area contributed by atoms with E-state index in [-0.39, 0.29) is 0 Å². The predicted octanol–water partition coefficient (Wildman–Crippen LogP) is 6.20. The van der Waals surface area contributed by atoms with Gasteiger partial charge in [0.15, 0.2) is 11.2 Å². The van der Waals surface area contributed by atoms with Gasteiger partial charge in [0, 0.05) is 10.8 Å². The zero-order valence-corrected chi connectivity index (χ0v) is 11.3. The first-order valence-electron chi connectivity index (χ1n) is 4.74. The number of furan rings is 1. The zero-order chi connectivity index (χ0) is 12.2. The molecule has 0 N–H and O–H groups in total. The molecule has 5 heteroatoms. The van der Waals surface area contributed by atoms with Crippen molar-refractivity contribution < 1.29 is 4.42 Å². The Kier molecular flexibility index (Phi) is 2.68. The molecular weight excluding hydrogens is 302 g/mol. The first-order valence-corrected chi connectivity index (χ1v) is 6.25. The van der Waals surface area contributed by atoms with Crippen LogP contribution in [0.1, 0.15) is 0 Å². The summed E-state index contributed by atoms with van der Waals surface area (Å²) >= 11 is 24.4. The number of rotatable bonds is 0. The van der Waals surface area contributed by atoms with Crippen molar-refractivity contribution in [2.75, 3.05) is 0 Å².